The van der Waals surface area contributed by atoms with Gasteiger partial charge in [0.15, 0.2) is 0 Å². The lowest BCUT2D eigenvalue weighted by molar-refractivity contribution is -0.142. The molecule has 3 N–H and O–H groups in total. The Labute approximate surface area is 74.4 Å². The number of nitrogens with zero attached hydrogens (tertiary/aromatic N) is 3. The van der Waals surface area contributed by atoms with Crippen LogP contribution < -0.4 is 5.73 Å². The Morgan fingerprint density at radius 1 is 1.69 bits per heavy atom. The summed E-state index contributed by atoms with van der Waals surface area (Å²) in [4.78, 5) is 14.6. The number of carbonyl (C=O) groups is 1. The Balaban J connectivity index is 2.24. The van der Waals surface area contributed by atoms with Crippen molar-refractivity contribution in [3.05, 3.63) is 5.82 Å². The minimum absolute atomic E-state index is 0.223. The van der Waals surface area contributed by atoms with E-state index in [1.54, 1.807) is 4.68 Å². The first-order chi connectivity index (χ1) is 6.16. The molecule has 13 heavy (non-hydrogen) atoms. The smallest absolute Gasteiger partial charge is 0.307 e. The second-order valence-corrected chi connectivity index (χ2v) is 3.14. The number of nitrogen functional groups attached to an aromatic ring is 1. The van der Waals surface area contributed by atoms with Gasteiger partial charge in [-0.05, 0) is 6.42 Å². The number of carboxylic acids is 1. The number of aryl methyl sites for hydroxylation is 1. The van der Waals surface area contributed by atoms with Crippen molar-refractivity contribution >= 4 is 11.9 Å². The van der Waals surface area contributed by atoms with Gasteiger partial charge < -0.3 is 10.8 Å². The molecule has 70 valence electrons. The monoisotopic (exact) mass is 182 g/mol. The van der Waals surface area contributed by atoms with Crippen molar-refractivity contribution in [2.24, 2.45) is 5.92 Å². The largest absolute Gasteiger partial charge is 0.481 e. The molecule has 0 radical (unpaired) electrons. The van der Waals surface area contributed by atoms with Crippen molar-refractivity contribution in [2.45, 2.75) is 19.4 Å². The summed E-state index contributed by atoms with van der Waals surface area (Å²) in [5.41, 5.74) is 5.39. The molecule has 0 spiro atoms. The lowest BCUT2D eigenvalue weighted by Crippen LogP contribution is -2.26. The highest BCUT2D eigenvalue weighted by molar-refractivity contribution is 5.70. The topological polar surface area (TPSA) is 94.0 Å². The molecule has 6 nitrogen and oxygen atoms in total. The van der Waals surface area contributed by atoms with Crippen molar-refractivity contribution in [2.75, 3.05) is 5.73 Å². The van der Waals surface area contributed by atoms with Gasteiger partial charge in [-0.25, -0.2) is 4.68 Å². The van der Waals surface area contributed by atoms with E-state index >= 15 is 0 Å². The lowest BCUT2D eigenvalue weighted by atomic mass is 9.99. The third-order valence-electron chi connectivity index (χ3n) is 2.23. The molecule has 2 heterocycles. The van der Waals surface area contributed by atoms with Crippen LogP contribution in [-0.4, -0.2) is 25.8 Å². The summed E-state index contributed by atoms with van der Waals surface area (Å²) >= 11 is 0. The van der Waals surface area contributed by atoms with Crippen LogP contribution in [0.15, 0.2) is 0 Å². The fraction of sp³-hybridized carbons (Fsp3) is 0.571. The number of rotatable bonds is 1. The molecule has 0 bridgehead atoms. The predicted molar refractivity (Wildman–Crippen MR) is 43.9 cm³/mol. The van der Waals surface area contributed by atoms with Gasteiger partial charge in [0.1, 0.15) is 5.82 Å². The SMILES string of the molecule is Nc1nc2n(n1)CCC(C(=O)O)C2. The van der Waals surface area contributed by atoms with Gasteiger partial charge in [-0.15, -0.1) is 5.10 Å². The van der Waals surface area contributed by atoms with Crippen LogP contribution in [0.5, 0.6) is 0 Å². The Morgan fingerprint density at radius 3 is 3.15 bits per heavy atom. The van der Waals surface area contributed by atoms with Crippen LogP contribution in [0.2, 0.25) is 0 Å². The third-order valence-corrected chi connectivity index (χ3v) is 2.23. The van der Waals surface area contributed by atoms with E-state index in [0.29, 0.717) is 25.2 Å². The van der Waals surface area contributed by atoms with E-state index in [-0.39, 0.29) is 11.9 Å². The molecule has 1 aliphatic heterocycles. The van der Waals surface area contributed by atoms with Crippen molar-refractivity contribution in [3.63, 3.8) is 0 Å². The van der Waals surface area contributed by atoms with Crippen LogP contribution in [0.1, 0.15) is 12.2 Å². The first-order valence-electron chi connectivity index (χ1n) is 4.09. The minimum atomic E-state index is -0.771. The Hall–Kier alpha value is -1.59. The number of nitrogens with two attached hydrogens (primary N) is 1. The van der Waals surface area contributed by atoms with Crippen molar-refractivity contribution in [1.29, 1.82) is 0 Å². The van der Waals surface area contributed by atoms with E-state index in [9.17, 15) is 4.79 Å². The fourth-order valence-electron chi connectivity index (χ4n) is 1.54. The molecule has 0 aliphatic carbocycles. The molecule has 0 saturated carbocycles. The number of aliphatic carboxylic acids is 1. The van der Waals surface area contributed by atoms with E-state index in [2.05, 4.69) is 10.1 Å². The lowest BCUT2D eigenvalue weighted by Gasteiger charge is -2.17. The van der Waals surface area contributed by atoms with Crippen LogP contribution in [0.3, 0.4) is 0 Å². The summed E-state index contributed by atoms with van der Waals surface area (Å²) < 4.78 is 1.68. The number of hydrogen-bond donors (Lipinski definition) is 2. The molecule has 1 atom stereocenters. The Bertz CT molecular complexity index is 346. The van der Waals surface area contributed by atoms with E-state index in [0.717, 1.165) is 0 Å². The first kappa shape index (κ1) is 8.03. The summed E-state index contributed by atoms with van der Waals surface area (Å²) in [5, 5.41) is 12.7. The zero-order chi connectivity index (χ0) is 9.42. The van der Waals surface area contributed by atoms with E-state index in [4.69, 9.17) is 10.8 Å². The highest BCUT2D eigenvalue weighted by Crippen LogP contribution is 2.19. The molecular formula is C7H10N4O2. The summed E-state index contributed by atoms with van der Waals surface area (Å²) in [7, 11) is 0. The van der Waals surface area contributed by atoms with Gasteiger partial charge in [0, 0.05) is 13.0 Å². The van der Waals surface area contributed by atoms with E-state index in [1.807, 2.05) is 0 Å². The average molecular weight is 182 g/mol. The summed E-state index contributed by atoms with van der Waals surface area (Å²) in [5.74, 6) is -0.207. The molecule has 0 fully saturated rings. The molecule has 6 heteroatoms. The summed E-state index contributed by atoms with van der Waals surface area (Å²) in [6.07, 6.45) is 1.03. The van der Waals surface area contributed by atoms with E-state index in [1.165, 1.54) is 0 Å². The number of anilines is 1. The van der Waals surface area contributed by atoms with Gasteiger partial charge in [0.25, 0.3) is 0 Å². The maximum absolute atomic E-state index is 10.7. The standard InChI is InChI=1S/C7H10N4O2/c8-7-9-5-3-4(6(12)13)1-2-11(5)10-7/h4H,1-3H2,(H2,8,10)(H,12,13). The van der Waals surface area contributed by atoms with Crippen molar-refractivity contribution in [3.8, 4) is 0 Å². The molecule has 1 aromatic rings. The average Bonchev–Trinajstić information content (AvgIpc) is 2.42. The molecular weight excluding hydrogens is 172 g/mol. The van der Waals surface area contributed by atoms with E-state index < -0.39 is 5.97 Å². The van der Waals surface area contributed by atoms with Gasteiger partial charge >= 0.3 is 5.97 Å². The quantitative estimate of drug-likeness (QED) is 0.611. The molecule has 0 saturated heterocycles. The Morgan fingerprint density at radius 2 is 2.46 bits per heavy atom. The minimum Gasteiger partial charge on any atom is -0.481 e. The first-order valence-corrected chi connectivity index (χ1v) is 4.09. The van der Waals surface area contributed by atoms with Crippen molar-refractivity contribution in [1.82, 2.24) is 14.8 Å². The fourth-order valence-corrected chi connectivity index (χ4v) is 1.54. The van der Waals surface area contributed by atoms with Gasteiger partial charge in [0.05, 0.1) is 5.92 Å². The highest BCUT2D eigenvalue weighted by atomic mass is 16.4. The molecule has 0 amide bonds. The maximum atomic E-state index is 10.7. The van der Waals surface area contributed by atoms with Crippen LogP contribution in [0.4, 0.5) is 5.95 Å². The van der Waals surface area contributed by atoms with Gasteiger partial charge in [0.2, 0.25) is 5.95 Å². The second-order valence-electron chi connectivity index (χ2n) is 3.14. The zero-order valence-electron chi connectivity index (χ0n) is 6.97. The molecule has 2 rings (SSSR count). The van der Waals surface area contributed by atoms with Crippen molar-refractivity contribution < 1.29 is 9.90 Å². The van der Waals surface area contributed by atoms with Crippen LogP contribution in [0, 0.1) is 5.92 Å². The van der Waals surface area contributed by atoms with Crippen LogP contribution in [-0.2, 0) is 17.8 Å². The summed E-state index contributed by atoms with van der Waals surface area (Å²) in [6.45, 7) is 0.594. The third kappa shape index (κ3) is 1.34. The van der Waals surface area contributed by atoms with Crippen LogP contribution >= 0.6 is 0 Å². The number of hydrogen-bond acceptors (Lipinski definition) is 4. The molecule has 1 aliphatic rings. The number of aromatic nitrogens is 3. The molecule has 0 aromatic carbocycles. The van der Waals surface area contributed by atoms with Gasteiger partial charge in [-0.3, -0.25) is 4.79 Å². The maximum Gasteiger partial charge on any atom is 0.307 e. The highest BCUT2D eigenvalue weighted by Gasteiger charge is 2.26. The number of fused-ring (bicyclic) bond motifs is 1. The Kier molecular flexibility index (Phi) is 1.68. The van der Waals surface area contributed by atoms with Gasteiger partial charge in [-0.1, -0.05) is 0 Å². The normalized spacial score (nSPS) is 21.1. The second kappa shape index (κ2) is 2.72. The molecule has 1 aromatic heterocycles. The summed E-state index contributed by atoms with van der Waals surface area (Å²) in [6, 6.07) is 0. The zero-order valence-corrected chi connectivity index (χ0v) is 6.97. The number of carboxylic acid groups (broad SMARTS) is 1. The molecule has 1 unspecified atom stereocenters. The predicted octanol–water partition coefficient (Wildman–Crippen LogP) is -0.493. The van der Waals surface area contributed by atoms with Crippen LogP contribution in [0.25, 0.3) is 0 Å². The van der Waals surface area contributed by atoms with Gasteiger partial charge in [-0.2, -0.15) is 4.98 Å².